The van der Waals surface area contributed by atoms with Gasteiger partial charge in [-0.15, -0.1) is 0 Å². The van der Waals surface area contributed by atoms with Gasteiger partial charge in [0.05, 0.1) is 36.8 Å². The number of hydrogen-bond donors (Lipinski definition) is 3. The zero-order chi connectivity index (χ0) is 73.3. The molecule has 99 heavy (non-hydrogen) atoms. The van der Waals surface area contributed by atoms with Gasteiger partial charge in [0.15, 0.2) is 0 Å². The first-order valence-electron chi connectivity index (χ1n) is 35.4. The highest BCUT2D eigenvalue weighted by atomic mass is 35.5. The van der Waals surface area contributed by atoms with Crippen molar-refractivity contribution in [1.29, 1.82) is 0 Å². The Kier molecular flexibility index (Phi) is 27.2. The van der Waals surface area contributed by atoms with Crippen LogP contribution in [0.4, 0.5) is 13.2 Å². The van der Waals surface area contributed by atoms with Gasteiger partial charge in [0.1, 0.15) is 59.9 Å². The fraction of sp³-hybridized carbons (Fsp3) is 0.743. The van der Waals surface area contributed by atoms with Crippen molar-refractivity contribution in [2.24, 2.45) is 23.7 Å². The number of carbonyl (C=O) groups is 12. The summed E-state index contributed by atoms with van der Waals surface area (Å²) in [6.07, 6.45) is -0.181. The fourth-order valence-corrected chi connectivity index (χ4v) is 15.4. The van der Waals surface area contributed by atoms with Crippen molar-refractivity contribution in [3.05, 3.63) is 34.3 Å². The highest BCUT2D eigenvalue weighted by Crippen LogP contribution is 2.38. The second-order valence-electron chi connectivity index (χ2n) is 28.9. The summed E-state index contributed by atoms with van der Waals surface area (Å²) >= 11 is 6.15. The molecule has 6 aliphatic rings. The van der Waals surface area contributed by atoms with Gasteiger partial charge in [-0.25, -0.2) is 0 Å². The number of halogens is 4. The van der Waals surface area contributed by atoms with Crippen LogP contribution in [-0.4, -0.2) is 263 Å². The minimum Gasteiger partial charge on any atom is -0.378 e. The van der Waals surface area contributed by atoms with Crippen molar-refractivity contribution in [2.75, 3.05) is 88.2 Å². The van der Waals surface area contributed by atoms with Gasteiger partial charge < -0.3 is 64.8 Å². The van der Waals surface area contributed by atoms with E-state index < -0.39 is 172 Å². The number of morpholine rings is 1. The topological polar surface area (TPSA) is 279 Å². The highest BCUT2D eigenvalue weighted by molar-refractivity contribution is 6.31. The van der Waals surface area contributed by atoms with Gasteiger partial charge in [-0.05, 0) is 112 Å². The largest absolute Gasteiger partial charge is 0.417 e. The molecular formula is C70H106ClF3N12O13. The van der Waals surface area contributed by atoms with Crippen LogP contribution in [0.25, 0.3) is 0 Å². The minimum absolute atomic E-state index is 0.0274. The second-order valence-corrected chi connectivity index (χ2v) is 29.3. The Morgan fingerprint density at radius 2 is 1.29 bits per heavy atom. The van der Waals surface area contributed by atoms with Gasteiger partial charge in [0.25, 0.3) is 0 Å². The van der Waals surface area contributed by atoms with Crippen LogP contribution in [0.2, 0.25) is 5.02 Å². The molecule has 29 heteroatoms. The van der Waals surface area contributed by atoms with Crippen LogP contribution in [0, 0.1) is 23.7 Å². The predicted molar refractivity (Wildman–Crippen MR) is 361 cm³/mol. The number of amides is 12. The molecule has 2 saturated carbocycles. The first kappa shape index (κ1) is 79.2. The average Bonchev–Trinajstić information content (AvgIpc) is 1.71. The number of alkyl halides is 3. The summed E-state index contributed by atoms with van der Waals surface area (Å²) in [5.41, 5.74) is -2.38. The van der Waals surface area contributed by atoms with E-state index in [9.17, 15) is 46.7 Å². The molecule has 1 aromatic carbocycles. The van der Waals surface area contributed by atoms with Gasteiger partial charge in [-0.3, -0.25) is 57.5 Å². The molecule has 25 nitrogen and oxygen atoms in total. The first-order valence-corrected chi connectivity index (χ1v) is 35.8. The summed E-state index contributed by atoms with van der Waals surface area (Å²) in [7, 11) is 8.55. The van der Waals surface area contributed by atoms with E-state index in [1.165, 1.54) is 94.5 Å². The van der Waals surface area contributed by atoms with Gasteiger partial charge >= 0.3 is 6.18 Å². The molecule has 0 aromatic heterocycles. The minimum atomic E-state index is -4.76. The van der Waals surface area contributed by atoms with Crippen molar-refractivity contribution < 1.29 is 75.4 Å². The van der Waals surface area contributed by atoms with Gasteiger partial charge in [-0.2, -0.15) is 13.2 Å². The zero-order valence-electron chi connectivity index (χ0n) is 60.1. The second kappa shape index (κ2) is 34.0. The van der Waals surface area contributed by atoms with Crippen molar-refractivity contribution in [3.63, 3.8) is 0 Å². The van der Waals surface area contributed by atoms with Crippen LogP contribution in [0.5, 0.6) is 0 Å². The van der Waals surface area contributed by atoms with E-state index in [-0.39, 0.29) is 96.2 Å². The molecule has 4 aliphatic heterocycles. The third kappa shape index (κ3) is 18.2. The quantitative estimate of drug-likeness (QED) is 0.276. The number of benzene rings is 1. The lowest BCUT2D eigenvalue weighted by Gasteiger charge is -2.45. The Hall–Kier alpha value is -7.10. The molecule has 1 spiro atoms. The summed E-state index contributed by atoms with van der Waals surface area (Å²) in [6, 6.07) is -7.95. The number of hydrogen-bond acceptors (Lipinski definition) is 13. The third-order valence-corrected chi connectivity index (χ3v) is 22.2. The van der Waals surface area contributed by atoms with Crippen LogP contribution >= 0.6 is 11.6 Å². The predicted octanol–water partition coefficient (Wildman–Crippen LogP) is 4.49. The number of nitrogens with zero attached hydrogens (tertiary/aromatic N) is 9. The van der Waals surface area contributed by atoms with Crippen molar-refractivity contribution in [2.45, 2.75) is 224 Å². The lowest BCUT2D eigenvalue weighted by molar-refractivity contribution is -0.161. The summed E-state index contributed by atoms with van der Waals surface area (Å²) in [6.45, 7) is 12.6. The highest BCUT2D eigenvalue weighted by Gasteiger charge is 2.52. The van der Waals surface area contributed by atoms with Crippen LogP contribution in [0.15, 0.2) is 18.2 Å². The molecule has 0 unspecified atom stereocenters. The molecule has 552 valence electrons. The molecule has 2 aliphatic carbocycles. The lowest BCUT2D eigenvalue weighted by atomic mass is 9.90. The number of likely N-dealkylation sites (N-methyl/N-ethyl adjacent to an activating group) is 6. The number of rotatable bonds is 11. The van der Waals surface area contributed by atoms with E-state index in [1.807, 2.05) is 27.7 Å². The molecule has 0 bridgehead atoms. The Bertz CT molecular complexity index is 3140. The number of carbonyl (C=O) groups excluding carboxylic acids is 12. The lowest BCUT2D eigenvalue weighted by Crippen LogP contribution is -2.65. The Morgan fingerprint density at radius 3 is 1.87 bits per heavy atom. The van der Waals surface area contributed by atoms with E-state index in [0.29, 0.717) is 50.5 Å². The van der Waals surface area contributed by atoms with E-state index in [4.69, 9.17) is 16.3 Å². The van der Waals surface area contributed by atoms with Crippen LogP contribution in [0.3, 0.4) is 0 Å². The zero-order valence-corrected chi connectivity index (χ0v) is 60.8. The molecule has 6 fully saturated rings. The molecule has 12 amide bonds. The van der Waals surface area contributed by atoms with Gasteiger partial charge in [-0.1, -0.05) is 97.7 Å². The van der Waals surface area contributed by atoms with Crippen molar-refractivity contribution >= 4 is 82.5 Å². The normalized spacial score (nSPS) is 28.1. The summed E-state index contributed by atoms with van der Waals surface area (Å²) < 4.78 is 47.1. The molecule has 0 radical (unpaired) electrons. The first-order chi connectivity index (χ1) is 46.6. The van der Waals surface area contributed by atoms with Crippen LogP contribution in [-0.2, 0) is 74.9 Å². The number of fused-ring (bicyclic) bond motifs is 2. The van der Waals surface area contributed by atoms with Gasteiger partial charge in [0, 0.05) is 68.5 Å². The maximum absolute atomic E-state index is 15.5. The number of ether oxygens (including phenoxy) is 1. The fourth-order valence-electron chi connectivity index (χ4n) is 15.0. The molecule has 11 atom stereocenters. The third-order valence-electron chi connectivity index (χ3n) is 21.9. The van der Waals surface area contributed by atoms with Crippen LogP contribution in [0.1, 0.15) is 162 Å². The van der Waals surface area contributed by atoms with Crippen molar-refractivity contribution in [1.82, 2.24) is 60.0 Å². The van der Waals surface area contributed by atoms with E-state index in [2.05, 4.69) is 16.0 Å². The Balaban J connectivity index is 1.29. The van der Waals surface area contributed by atoms with Crippen molar-refractivity contribution in [3.8, 4) is 0 Å². The smallest absolute Gasteiger partial charge is 0.378 e. The maximum Gasteiger partial charge on any atom is 0.417 e. The summed E-state index contributed by atoms with van der Waals surface area (Å²) in [5.74, 6) is -9.43. The van der Waals surface area contributed by atoms with E-state index in [0.717, 1.165) is 29.9 Å². The molecule has 4 saturated heterocycles. The number of aryl methyl sites for hydroxylation is 1. The molecule has 1 aromatic rings. The van der Waals surface area contributed by atoms with Crippen LogP contribution < -0.4 is 16.0 Å². The average molecular weight is 1420 g/mol. The van der Waals surface area contributed by atoms with E-state index in [1.54, 1.807) is 13.8 Å². The summed E-state index contributed by atoms with van der Waals surface area (Å²) in [4.78, 5) is 191. The monoisotopic (exact) mass is 1410 g/mol. The Labute approximate surface area is 585 Å². The Morgan fingerprint density at radius 1 is 0.667 bits per heavy atom. The molecular weight excluding hydrogens is 1310 g/mol. The van der Waals surface area contributed by atoms with E-state index >= 15 is 24.0 Å². The van der Waals surface area contributed by atoms with Gasteiger partial charge in [0.2, 0.25) is 70.9 Å². The molecule has 4 heterocycles. The summed E-state index contributed by atoms with van der Waals surface area (Å²) in [5, 5.41) is 8.13. The number of nitrogens with one attached hydrogen (secondary N) is 3. The maximum atomic E-state index is 15.5. The standard InChI is InChI=1S/C70H106ClF3N12O13/c1-14-42(5)56-65(95)79(9)44(7)61(91)86-32-28-51(86)63(93)82(12)58(46-21-16-17-22-46)66(96)78(8)40-54(87)75-49(27-25-45-24-26-47(48(71)38-45)70(72,73)74)62(92)85-31-20-23-50(85)60(90)77-69(29-18-19-30-69)68(98)83(13)57(43(6)15-2)67(97)81(11)53(64(94)84-33-35-99-36-34-84)39-55(88)80(10)52(37-41(3)4)59(89)76-56/h24,26,38,41-44,46,49-53,56-58H,14-23,25,27-37,39-40H2,1-13H3,(H,75,87)(H,76,89)(H,77,90)/t42-,43-,44-,49-,50-,51-,52-,53-,56-,57-,58-/m0/s1. The SMILES string of the molecule is CC[C@H](C)[C@@H]1NC(=O)[C@H](CC(C)C)N(C)C(=O)C[C@@H](C(=O)N2CCOCC2)N(C)C(=O)[C@H]([C@@H](C)CC)N(C)C(=O)C2(CCCC2)NC(=O)[C@@H]2CCCN2C(=O)[C@H](CCc2ccc(C(F)(F)F)c(Cl)c2)NC(=O)CN(C)C(=O)[C@H](C2CCCC2)N(C)C(=O)[C@@H]2CCN2C(=O)[C@H](C)N(C)C1=O. The molecule has 7 rings (SSSR count). The molecule has 3 N–H and O–H groups in total.